The molecule has 0 saturated carbocycles. The van der Waals surface area contributed by atoms with Gasteiger partial charge >= 0.3 is 6.18 Å². The third-order valence-electron chi connectivity index (χ3n) is 2.66. The molecule has 102 valence electrons. The highest BCUT2D eigenvalue weighted by Crippen LogP contribution is 2.39. The summed E-state index contributed by atoms with van der Waals surface area (Å²) in [5.74, 6) is -1.79. The fraction of sp³-hybridized carbons (Fsp3) is 0.273. The van der Waals surface area contributed by atoms with Crippen molar-refractivity contribution >= 4 is 12.1 Å². The Labute approximate surface area is 104 Å². The molecule has 1 N–H and O–H groups in total. The van der Waals surface area contributed by atoms with Gasteiger partial charge in [-0.05, 0) is 24.3 Å². The number of hydrogen-bond donors (Lipinski definition) is 1. The zero-order valence-electron chi connectivity index (χ0n) is 9.36. The Hall–Kier alpha value is -1.96. The van der Waals surface area contributed by atoms with Crippen molar-refractivity contribution in [1.82, 2.24) is 5.01 Å². The van der Waals surface area contributed by atoms with Crippen molar-refractivity contribution in [3.63, 3.8) is 0 Å². The number of alkyl halides is 3. The summed E-state index contributed by atoms with van der Waals surface area (Å²) in [7, 11) is 0. The lowest BCUT2D eigenvalue weighted by molar-refractivity contribution is -0.297. The third kappa shape index (κ3) is 2.19. The van der Waals surface area contributed by atoms with Crippen molar-refractivity contribution in [2.24, 2.45) is 5.10 Å². The molecule has 19 heavy (non-hydrogen) atoms. The molecule has 1 amide bonds. The molecule has 0 unspecified atom stereocenters. The van der Waals surface area contributed by atoms with Crippen LogP contribution in [0.1, 0.15) is 16.8 Å². The van der Waals surface area contributed by atoms with Gasteiger partial charge in [0.2, 0.25) is 0 Å². The predicted octanol–water partition coefficient (Wildman–Crippen LogP) is 1.91. The maximum absolute atomic E-state index is 12.8. The van der Waals surface area contributed by atoms with Crippen LogP contribution in [0, 0.1) is 5.82 Å². The maximum atomic E-state index is 12.8. The quantitative estimate of drug-likeness (QED) is 0.796. The lowest BCUT2D eigenvalue weighted by Crippen LogP contribution is -2.56. The van der Waals surface area contributed by atoms with Crippen LogP contribution in [0.2, 0.25) is 0 Å². The highest BCUT2D eigenvalue weighted by atomic mass is 19.4. The number of benzene rings is 1. The number of hydrogen-bond acceptors (Lipinski definition) is 3. The van der Waals surface area contributed by atoms with E-state index in [1.54, 1.807) is 0 Å². The molecule has 0 spiro atoms. The molecule has 0 fully saturated rings. The van der Waals surface area contributed by atoms with Crippen LogP contribution in [0.15, 0.2) is 29.4 Å². The molecular formula is C11H8F4N2O2. The van der Waals surface area contributed by atoms with Crippen LogP contribution in [0.4, 0.5) is 17.6 Å². The molecule has 0 radical (unpaired) electrons. The molecule has 1 atom stereocenters. The van der Waals surface area contributed by atoms with Gasteiger partial charge in [-0.3, -0.25) is 4.79 Å². The minimum absolute atomic E-state index is 0.0414. The van der Waals surface area contributed by atoms with E-state index < -0.39 is 30.0 Å². The molecule has 8 heteroatoms. The highest BCUT2D eigenvalue weighted by molar-refractivity contribution is 5.95. The minimum Gasteiger partial charge on any atom is -0.362 e. The summed E-state index contributed by atoms with van der Waals surface area (Å²) in [5, 5.41) is 12.8. The van der Waals surface area contributed by atoms with Gasteiger partial charge in [-0.25, -0.2) is 4.39 Å². The number of halogens is 4. The van der Waals surface area contributed by atoms with Crippen molar-refractivity contribution in [3.05, 3.63) is 35.6 Å². The van der Waals surface area contributed by atoms with E-state index in [4.69, 9.17) is 0 Å². The average molecular weight is 276 g/mol. The van der Waals surface area contributed by atoms with Gasteiger partial charge in [0, 0.05) is 18.2 Å². The largest absolute Gasteiger partial charge is 0.438 e. The van der Waals surface area contributed by atoms with Crippen LogP contribution in [-0.2, 0) is 0 Å². The smallest absolute Gasteiger partial charge is 0.362 e. The molecule has 1 aliphatic rings. The second kappa shape index (κ2) is 4.30. The van der Waals surface area contributed by atoms with Gasteiger partial charge in [-0.2, -0.15) is 23.3 Å². The Kier molecular flexibility index (Phi) is 3.05. The maximum Gasteiger partial charge on any atom is 0.438 e. The van der Waals surface area contributed by atoms with Gasteiger partial charge in [-0.1, -0.05) is 0 Å². The van der Waals surface area contributed by atoms with E-state index in [1.165, 1.54) is 0 Å². The fourth-order valence-corrected chi connectivity index (χ4v) is 1.60. The molecule has 0 saturated heterocycles. The fourth-order valence-electron chi connectivity index (χ4n) is 1.60. The normalized spacial score (nSPS) is 22.9. The summed E-state index contributed by atoms with van der Waals surface area (Å²) < 4.78 is 50.9. The second-order valence-electron chi connectivity index (χ2n) is 3.94. The number of aliphatic hydroxyl groups is 1. The number of carbonyl (C=O) groups excluding carboxylic acids is 1. The van der Waals surface area contributed by atoms with Crippen molar-refractivity contribution in [2.75, 3.05) is 0 Å². The van der Waals surface area contributed by atoms with Gasteiger partial charge in [0.15, 0.2) is 0 Å². The molecule has 0 aromatic heterocycles. The van der Waals surface area contributed by atoms with E-state index in [0.29, 0.717) is 0 Å². The zero-order valence-corrected chi connectivity index (χ0v) is 9.36. The Morgan fingerprint density at radius 3 is 2.42 bits per heavy atom. The van der Waals surface area contributed by atoms with Gasteiger partial charge in [0.05, 0.1) is 0 Å². The number of rotatable bonds is 1. The number of hydrazone groups is 1. The predicted molar refractivity (Wildman–Crippen MR) is 56.7 cm³/mol. The molecule has 0 bridgehead atoms. The molecule has 4 nitrogen and oxygen atoms in total. The first-order valence-corrected chi connectivity index (χ1v) is 5.17. The minimum atomic E-state index is -5.04. The van der Waals surface area contributed by atoms with Gasteiger partial charge < -0.3 is 5.11 Å². The molecule has 1 aromatic rings. The average Bonchev–Trinajstić information content (AvgIpc) is 2.72. The van der Waals surface area contributed by atoms with Crippen LogP contribution < -0.4 is 0 Å². The summed E-state index contributed by atoms with van der Waals surface area (Å²) in [6.07, 6.45) is -5.09. The summed E-state index contributed by atoms with van der Waals surface area (Å²) in [4.78, 5) is 11.9. The van der Waals surface area contributed by atoms with Gasteiger partial charge in [-0.15, -0.1) is 0 Å². The van der Waals surface area contributed by atoms with Crippen LogP contribution in [0.5, 0.6) is 0 Å². The molecule has 1 aromatic carbocycles. The summed E-state index contributed by atoms with van der Waals surface area (Å²) in [5.41, 5.74) is -3.57. The van der Waals surface area contributed by atoms with E-state index in [9.17, 15) is 27.5 Å². The first kappa shape index (κ1) is 13.5. The Bertz CT molecular complexity index is 526. The van der Waals surface area contributed by atoms with Gasteiger partial charge in [0.25, 0.3) is 11.6 Å². The summed E-state index contributed by atoms with van der Waals surface area (Å²) >= 11 is 0. The van der Waals surface area contributed by atoms with Crippen LogP contribution >= 0.6 is 0 Å². The molecule has 1 aliphatic heterocycles. The Morgan fingerprint density at radius 2 is 1.89 bits per heavy atom. The standard InChI is InChI=1S/C11H8F4N2O2/c12-8-3-1-7(2-4-8)9(18)17-10(19,5-6-16-17)11(13,14)15/h1-4,6,19H,5H2/t10-/m0/s1. The van der Waals surface area contributed by atoms with Crippen LogP contribution in [0.25, 0.3) is 0 Å². The first-order valence-electron chi connectivity index (χ1n) is 5.17. The van der Waals surface area contributed by atoms with Crippen molar-refractivity contribution in [2.45, 2.75) is 18.3 Å². The van der Waals surface area contributed by atoms with E-state index in [1.807, 2.05) is 0 Å². The topological polar surface area (TPSA) is 52.9 Å². The summed E-state index contributed by atoms with van der Waals surface area (Å²) in [6, 6.07) is 3.89. The first-order chi connectivity index (χ1) is 8.75. The number of carbonyl (C=O) groups is 1. The van der Waals surface area contributed by atoms with Crippen molar-refractivity contribution in [3.8, 4) is 0 Å². The highest BCUT2D eigenvalue weighted by Gasteiger charge is 2.61. The second-order valence-corrected chi connectivity index (χ2v) is 3.94. The number of nitrogens with zero attached hydrogens (tertiary/aromatic N) is 2. The lowest BCUT2D eigenvalue weighted by Gasteiger charge is -2.32. The van der Waals surface area contributed by atoms with E-state index in [-0.39, 0.29) is 10.6 Å². The van der Waals surface area contributed by atoms with Gasteiger partial charge in [0.1, 0.15) is 5.82 Å². The van der Waals surface area contributed by atoms with E-state index in [2.05, 4.69) is 5.10 Å². The van der Waals surface area contributed by atoms with Crippen LogP contribution in [0.3, 0.4) is 0 Å². The molecule has 2 rings (SSSR count). The van der Waals surface area contributed by atoms with Crippen molar-refractivity contribution < 1.29 is 27.5 Å². The van der Waals surface area contributed by atoms with E-state index in [0.717, 1.165) is 30.5 Å². The molecule has 1 heterocycles. The van der Waals surface area contributed by atoms with Crippen molar-refractivity contribution in [1.29, 1.82) is 0 Å². The monoisotopic (exact) mass is 276 g/mol. The van der Waals surface area contributed by atoms with E-state index >= 15 is 0 Å². The Balaban J connectivity index is 2.33. The zero-order chi connectivity index (χ0) is 14.3. The Morgan fingerprint density at radius 1 is 1.32 bits per heavy atom. The summed E-state index contributed by atoms with van der Waals surface area (Å²) in [6.45, 7) is 0. The lowest BCUT2D eigenvalue weighted by atomic mass is 10.1. The molecule has 0 aliphatic carbocycles. The SMILES string of the molecule is O=C(c1ccc(F)cc1)N1N=CC[C@]1(O)C(F)(F)F. The number of amides is 1. The third-order valence-corrected chi connectivity index (χ3v) is 2.66. The van der Waals surface area contributed by atoms with Crippen LogP contribution in [-0.4, -0.2) is 34.1 Å². The molecular weight excluding hydrogens is 268 g/mol.